The molecule has 124 valence electrons. The highest BCUT2D eigenvalue weighted by molar-refractivity contribution is 5.76. The summed E-state index contributed by atoms with van der Waals surface area (Å²) in [7, 11) is 0. The second-order valence-corrected chi connectivity index (χ2v) is 6.82. The second kappa shape index (κ2) is 11.1. The monoisotopic (exact) mass is 296 g/mol. The first-order chi connectivity index (χ1) is 10.2. The van der Waals surface area contributed by atoms with Crippen molar-refractivity contribution >= 4 is 5.91 Å². The normalized spacial score (nSPS) is 17.0. The van der Waals surface area contributed by atoms with Gasteiger partial charge < -0.3 is 11.1 Å². The summed E-state index contributed by atoms with van der Waals surface area (Å²) < 4.78 is 0. The molecule has 0 bridgehead atoms. The van der Waals surface area contributed by atoms with E-state index in [1.165, 1.54) is 64.2 Å². The second-order valence-electron chi connectivity index (χ2n) is 6.82. The molecule has 0 radical (unpaired) electrons. The number of amides is 1. The zero-order valence-corrected chi connectivity index (χ0v) is 14.1. The Balaban J connectivity index is 1.96. The standard InChI is InChI=1S/C18H36N2O/c1-2-3-4-5-6-7-8-9-10-13-17(21)20-18(16-19)14-11-12-15-18/h2-16,19H2,1H3,(H,20,21). The van der Waals surface area contributed by atoms with Gasteiger partial charge in [-0.15, -0.1) is 0 Å². The lowest BCUT2D eigenvalue weighted by atomic mass is 9.97. The van der Waals surface area contributed by atoms with Gasteiger partial charge >= 0.3 is 0 Å². The maximum Gasteiger partial charge on any atom is 0.220 e. The topological polar surface area (TPSA) is 55.1 Å². The molecule has 1 aliphatic carbocycles. The molecule has 1 rings (SSSR count). The molecule has 0 aromatic carbocycles. The number of nitrogens with one attached hydrogen (secondary N) is 1. The quantitative estimate of drug-likeness (QED) is 0.528. The fourth-order valence-corrected chi connectivity index (χ4v) is 3.39. The Labute approximate surface area is 131 Å². The van der Waals surface area contributed by atoms with Crippen molar-refractivity contribution in [2.24, 2.45) is 5.73 Å². The third-order valence-electron chi connectivity index (χ3n) is 4.86. The van der Waals surface area contributed by atoms with Gasteiger partial charge in [-0.3, -0.25) is 4.79 Å². The molecule has 0 heterocycles. The fourth-order valence-electron chi connectivity index (χ4n) is 3.39. The lowest BCUT2D eigenvalue weighted by Crippen LogP contribution is -2.51. The van der Waals surface area contributed by atoms with E-state index in [1.807, 2.05) is 0 Å². The van der Waals surface area contributed by atoms with E-state index < -0.39 is 0 Å². The lowest BCUT2D eigenvalue weighted by Gasteiger charge is -2.28. The van der Waals surface area contributed by atoms with E-state index >= 15 is 0 Å². The highest BCUT2D eigenvalue weighted by Gasteiger charge is 2.33. The minimum atomic E-state index is -0.0731. The summed E-state index contributed by atoms with van der Waals surface area (Å²) in [5.74, 6) is 0.213. The van der Waals surface area contributed by atoms with Crippen LogP contribution in [-0.4, -0.2) is 18.0 Å². The molecule has 3 heteroatoms. The third kappa shape index (κ3) is 7.85. The maximum absolute atomic E-state index is 12.0. The van der Waals surface area contributed by atoms with Crippen LogP contribution < -0.4 is 11.1 Å². The Morgan fingerprint density at radius 3 is 2.00 bits per heavy atom. The summed E-state index contributed by atoms with van der Waals surface area (Å²) in [6.07, 6.45) is 16.9. The van der Waals surface area contributed by atoms with Gasteiger partial charge in [-0.05, 0) is 19.3 Å². The summed E-state index contributed by atoms with van der Waals surface area (Å²) in [5.41, 5.74) is 5.77. The first kappa shape index (κ1) is 18.5. The fraction of sp³-hybridized carbons (Fsp3) is 0.944. The average molecular weight is 296 g/mol. The molecule has 1 aliphatic rings. The van der Waals surface area contributed by atoms with Crippen molar-refractivity contribution in [1.29, 1.82) is 0 Å². The molecule has 0 unspecified atom stereocenters. The first-order valence-electron chi connectivity index (χ1n) is 9.23. The van der Waals surface area contributed by atoms with Crippen molar-refractivity contribution in [2.75, 3.05) is 6.54 Å². The molecule has 0 aromatic rings. The molecule has 1 fully saturated rings. The van der Waals surface area contributed by atoms with E-state index in [0.717, 1.165) is 19.3 Å². The third-order valence-corrected chi connectivity index (χ3v) is 4.86. The summed E-state index contributed by atoms with van der Waals surface area (Å²) >= 11 is 0. The van der Waals surface area contributed by atoms with Crippen molar-refractivity contribution < 1.29 is 4.79 Å². The Morgan fingerprint density at radius 1 is 0.952 bits per heavy atom. The molecule has 0 aromatic heterocycles. The molecule has 21 heavy (non-hydrogen) atoms. The van der Waals surface area contributed by atoms with E-state index in [2.05, 4.69) is 12.2 Å². The van der Waals surface area contributed by atoms with Gasteiger partial charge in [-0.2, -0.15) is 0 Å². The SMILES string of the molecule is CCCCCCCCCCCC(=O)NC1(CN)CCCC1. The molecule has 1 amide bonds. The van der Waals surface area contributed by atoms with Gasteiger partial charge in [0.1, 0.15) is 0 Å². The van der Waals surface area contributed by atoms with Gasteiger partial charge in [0.2, 0.25) is 5.91 Å². The zero-order valence-electron chi connectivity index (χ0n) is 14.1. The van der Waals surface area contributed by atoms with Crippen LogP contribution in [-0.2, 0) is 4.79 Å². The number of carbonyl (C=O) groups is 1. The van der Waals surface area contributed by atoms with Crippen LogP contribution in [0.5, 0.6) is 0 Å². The first-order valence-corrected chi connectivity index (χ1v) is 9.23. The van der Waals surface area contributed by atoms with Crippen LogP contribution >= 0.6 is 0 Å². The van der Waals surface area contributed by atoms with Crippen molar-refractivity contribution in [2.45, 2.75) is 102 Å². The van der Waals surface area contributed by atoms with Crippen LogP contribution in [0.25, 0.3) is 0 Å². The van der Waals surface area contributed by atoms with Crippen molar-refractivity contribution in [1.82, 2.24) is 5.32 Å². The van der Waals surface area contributed by atoms with Crippen LogP contribution in [0, 0.1) is 0 Å². The molecule has 0 aliphatic heterocycles. The van der Waals surface area contributed by atoms with Gasteiger partial charge in [0, 0.05) is 13.0 Å². The summed E-state index contributed by atoms with van der Waals surface area (Å²) in [4.78, 5) is 12.0. The molecule has 0 atom stereocenters. The van der Waals surface area contributed by atoms with Gasteiger partial charge in [0.15, 0.2) is 0 Å². The number of rotatable bonds is 12. The van der Waals surface area contributed by atoms with Gasteiger partial charge in [-0.1, -0.05) is 71.1 Å². The van der Waals surface area contributed by atoms with Crippen LogP contribution in [0.2, 0.25) is 0 Å². The number of hydrogen-bond acceptors (Lipinski definition) is 2. The number of hydrogen-bond donors (Lipinski definition) is 2. The predicted octanol–water partition coefficient (Wildman–Crippen LogP) is 4.30. The van der Waals surface area contributed by atoms with Gasteiger partial charge in [-0.25, -0.2) is 0 Å². The Morgan fingerprint density at radius 2 is 1.48 bits per heavy atom. The molecule has 1 saturated carbocycles. The molecule has 0 saturated heterocycles. The Bertz CT molecular complexity index is 272. The average Bonchev–Trinajstić information content (AvgIpc) is 2.94. The Kier molecular flexibility index (Phi) is 9.73. The molecular weight excluding hydrogens is 260 g/mol. The van der Waals surface area contributed by atoms with E-state index in [-0.39, 0.29) is 11.4 Å². The van der Waals surface area contributed by atoms with E-state index in [1.54, 1.807) is 0 Å². The van der Waals surface area contributed by atoms with Crippen LogP contribution in [0.3, 0.4) is 0 Å². The number of carbonyl (C=O) groups excluding carboxylic acids is 1. The Hall–Kier alpha value is -0.570. The molecule has 0 spiro atoms. The van der Waals surface area contributed by atoms with Crippen molar-refractivity contribution in [3.05, 3.63) is 0 Å². The maximum atomic E-state index is 12.0. The lowest BCUT2D eigenvalue weighted by molar-refractivity contribution is -0.123. The number of nitrogens with two attached hydrogens (primary N) is 1. The highest BCUT2D eigenvalue weighted by Crippen LogP contribution is 2.28. The van der Waals surface area contributed by atoms with E-state index in [4.69, 9.17) is 5.73 Å². The minimum absolute atomic E-state index is 0.0731. The predicted molar refractivity (Wildman–Crippen MR) is 90.2 cm³/mol. The number of unbranched alkanes of at least 4 members (excludes halogenated alkanes) is 8. The van der Waals surface area contributed by atoms with Crippen LogP contribution in [0.1, 0.15) is 96.8 Å². The van der Waals surface area contributed by atoms with E-state index in [0.29, 0.717) is 13.0 Å². The largest absolute Gasteiger partial charge is 0.349 e. The summed E-state index contributed by atoms with van der Waals surface area (Å²) in [5, 5.41) is 3.20. The highest BCUT2D eigenvalue weighted by atomic mass is 16.1. The van der Waals surface area contributed by atoms with E-state index in [9.17, 15) is 4.79 Å². The molecule has 3 nitrogen and oxygen atoms in total. The van der Waals surface area contributed by atoms with Crippen molar-refractivity contribution in [3.63, 3.8) is 0 Å². The zero-order chi connectivity index (χ0) is 15.4. The summed E-state index contributed by atoms with van der Waals surface area (Å²) in [6, 6.07) is 0. The molecule has 3 N–H and O–H groups in total. The molecular formula is C18H36N2O. The summed E-state index contributed by atoms with van der Waals surface area (Å²) in [6.45, 7) is 2.85. The van der Waals surface area contributed by atoms with Gasteiger partial charge in [0.05, 0.1) is 5.54 Å². The van der Waals surface area contributed by atoms with Crippen molar-refractivity contribution in [3.8, 4) is 0 Å². The van der Waals surface area contributed by atoms with Crippen LogP contribution in [0.4, 0.5) is 0 Å². The smallest absolute Gasteiger partial charge is 0.220 e. The van der Waals surface area contributed by atoms with Gasteiger partial charge in [0.25, 0.3) is 0 Å². The van der Waals surface area contributed by atoms with Crippen LogP contribution in [0.15, 0.2) is 0 Å². The minimum Gasteiger partial charge on any atom is -0.349 e.